The molecule has 0 aromatic heterocycles. The van der Waals surface area contributed by atoms with Crippen molar-refractivity contribution in [3.8, 4) is 5.75 Å². The van der Waals surface area contributed by atoms with Gasteiger partial charge in [-0.25, -0.2) is 9.18 Å². The van der Waals surface area contributed by atoms with E-state index in [4.69, 9.17) is 9.84 Å². The highest BCUT2D eigenvalue weighted by molar-refractivity contribution is 8.24. The predicted octanol–water partition coefficient (Wildman–Crippen LogP) is 7.66. The Bertz CT molecular complexity index is 1060. The first-order valence-corrected chi connectivity index (χ1v) is 13.9. The molecule has 0 radical (unpaired) electrons. The first kappa shape index (κ1) is 26.5. The largest absolute Gasteiger partial charge is 0.476 e. The molecular weight excluding hydrogens is 482 g/mol. The average Bonchev–Trinajstić information content (AvgIpc) is 2.89. The maximum absolute atomic E-state index is 13.7. The summed E-state index contributed by atoms with van der Waals surface area (Å²) in [4.78, 5) is 11.7. The summed E-state index contributed by atoms with van der Waals surface area (Å²) in [5, 5.41) is 8.34. The van der Waals surface area contributed by atoms with Crippen LogP contribution in [0.3, 0.4) is 0 Å². The molecule has 186 valence electrons. The highest BCUT2D eigenvalue weighted by Gasteiger charge is 2.40. The van der Waals surface area contributed by atoms with E-state index in [1.54, 1.807) is 24.5 Å². The van der Waals surface area contributed by atoms with E-state index in [2.05, 4.69) is 6.92 Å². The van der Waals surface area contributed by atoms with Crippen molar-refractivity contribution >= 4 is 28.3 Å². The van der Waals surface area contributed by atoms with E-state index in [1.165, 1.54) is 30.0 Å². The van der Waals surface area contributed by atoms with Gasteiger partial charge >= 0.3 is 5.97 Å². The molecule has 0 saturated heterocycles. The summed E-state index contributed by atoms with van der Waals surface area (Å²) in [5.41, 5.74) is 1.57. The summed E-state index contributed by atoms with van der Waals surface area (Å²) < 4.78 is 55.4. The Morgan fingerprint density at radius 1 is 1.26 bits per heavy atom. The van der Waals surface area contributed by atoms with E-state index >= 15 is 0 Å². The maximum atomic E-state index is 13.7. The smallest absolute Gasteiger partial charge is 0.368 e. The van der Waals surface area contributed by atoms with E-state index < -0.39 is 27.6 Å². The highest BCUT2D eigenvalue weighted by Crippen LogP contribution is 2.63. The van der Waals surface area contributed by atoms with E-state index in [0.717, 1.165) is 24.8 Å². The lowest BCUT2D eigenvalue weighted by Crippen LogP contribution is -2.23. The van der Waals surface area contributed by atoms with Gasteiger partial charge in [0.2, 0.25) is 5.83 Å². The predicted molar refractivity (Wildman–Crippen MR) is 132 cm³/mol. The molecule has 2 aromatic rings. The van der Waals surface area contributed by atoms with E-state index in [-0.39, 0.29) is 23.4 Å². The van der Waals surface area contributed by atoms with Gasteiger partial charge in [-0.15, -0.1) is 11.8 Å². The van der Waals surface area contributed by atoms with E-state index in [9.17, 15) is 22.7 Å². The monoisotopic (exact) mass is 512 g/mol. The molecule has 1 aliphatic rings. The van der Waals surface area contributed by atoms with Crippen molar-refractivity contribution in [2.45, 2.75) is 60.5 Å². The SMILES string of the molecule is CCCCC1CC(c2ccc(F)cc2)c2cc(SC)c(OC=C(F)C(=O)O)cc2S(O)(O)C1C. The average molecular weight is 513 g/mol. The van der Waals surface area contributed by atoms with Crippen molar-refractivity contribution in [2.24, 2.45) is 5.92 Å². The third kappa shape index (κ3) is 5.59. The summed E-state index contributed by atoms with van der Waals surface area (Å²) in [6, 6.07) is 9.51. The molecule has 3 atom stereocenters. The molecule has 5 nitrogen and oxygen atoms in total. The third-order valence-electron chi connectivity index (χ3n) is 6.41. The number of aliphatic carboxylic acids is 1. The Morgan fingerprint density at radius 3 is 2.53 bits per heavy atom. The fourth-order valence-electron chi connectivity index (χ4n) is 4.43. The van der Waals surface area contributed by atoms with Crippen LogP contribution in [0, 0.1) is 11.7 Å². The second kappa shape index (κ2) is 11.1. The van der Waals surface area contributed by atoms with Gasteiger partial charge in [-0.3, -0.25) is 9.11 Å². The van der Waals surface area contributed by atoms with Gasteiger partial charge in [0, 0.05) is 12.0 Å². The second-order valence-electron chi connectivity index (χ2n) is 8.47. The van der Waals surface area contributed by atoms with E-state index in [1.807, 2.05) is 6.92 Å². The first-order chi connectivity index (χ1) is 16.1. The Morgan fingerprint density at radius 2 is 1.94 bits per heavy atom. The molecule has 9 heteroatoms. The lowest BCUT2D eigenvalue weighted by molar-refractivity contribution is -0.134. The summed E-state index contributed by atoms with van der Waals surface area (Å²) in [7, 11) is -3.28. The molecule has 2 aromatic carbocycles. The molecule has 3 unspecified atom stereocenters. The minimum atomic E-state index is -3.28. The molecule has 1 heterocycles. The number of benzene rings is 2. The molecule has 0 aliphatic carbocycles. The number of carbonyl (C=O) groups is 1. The fourth-order valence-corrected chi connectivity index (χ4v) is 6.99. The van der Waals surface area contributed by atoms with Crippen LogP contribution < -0.4 is 4.74 Å². The van der Waals surface area contributed by atoms with Crippen LogP contribution in [-0.2, 0) is 4.79 Å². The number of ether oxygens (including phenoxy) is 1. The van der Waals surface area contributed by atoms with Crippen LogP contribution in [0.4, 0.5) is 8.78 Å². The van der Waals surface area contributed by atoms with Crippen molar-refractivity contribution in [1.29, 1.82) is 0 Å². The number of carboxylic acid groups (broad SMARTS) is 1. The van der Waals surface area contributed by atoms with Crippen LogP contribution in [0.15, 0.2) is 58.3 Å². The maximum Gasteiger partial charge on any atom is 0.368 e. The molecule has 0 fully saturated rings. The molecule has 3 rings (SSSR count). The number of thioether (sulfide) groups is 1. The van der Waals surface area contributed by atoms with Gasteiger partial charge in [0.15, 0.2) is 0 Å². The van der Waals surface area contributed by atoms with Crippen molar-refractivity contribution in [3.63, 3.8) is 0 Å². The minimum Gasteiger partial charge on any atom is -0.476 e. The Labute approximate surface area is 204 Å². The number of halogens is 2. The molecule has 1 aliphatic heterocycles. The van der Waals surface area contributed by atoms with Crippen molar-refractivity contribution < 1.29 is 32.5 Å². The zero-order valence-electron chi connectivity index (χ0n) is 19.3. The molecule has 0 saturated carbocycles. The van der Waals surface area contributed by atoms with Gasteiger partial charge in [-0.1, -0.05) is 31.9 Å². The van der Waals surface area contributed by atoms with E-state index in [0.29, 0.717) is 28.0 Å². The van der Waals surface area contributed by atoms with Crippen molar-refractivity contribution in [1.82, 2.24) is 0 Å². The van der Waals surface area contributed by atoms with Crippen LogP contribution in [-0.4, -0.2) is 31.7 Å². The Balaban J connectivity index is 2.20. The Hall–Kier alpha value is -2.07. The standard InChI is InChI=1S/C25H30F2O5S2/c1-4-5-6-17-11-19(16-7-9-18(26)10-8-16)20-12-23(33-3)22(32-14-21(27)25(28)29)13-24(20)34(30,31)15(17)2/h7-10,12-15,17,19,30-31H,4-6,11H2,1-3H3,(H,28,29). The number of rotatable bonds is 8. The van der Waals surface area contributed by atoms with Gasteiger partial charge < -0.3 is 9.84 Å². The summed E-state index contributed by atoms with van der Waals surface area (Å²) in [6.07, 6.45) is 5.70. The van der Waals surface area contributed by atoms with Crippen LogP contribution in [0.1, 0.15) is 56.6 Å². The van der Waals surface area contributed by atoms with Crippen LogP contribution in [0.2, 0.25) is 0 Å². The zero-order valence-corrected chi connectivity index (χ0v) is 21.0. The summed E-state index contributed by atoms with van der Waals surface area (Å²) in [5.74, 6) is -3.63. The van der Waals surface area contributed by atoms with Gasteiger partial charge in [0.1, 0.15) is 17.8 Å². The Kier molecular flexibility index (Phi) is 8.67. The summed E-state index contributed by atoms with van der Waals surface area (Å²) in [6.45, 7) is 3.92. The minimum absolute atomic E-state index is 0.0128. The van der Waals surface area contributed by atoms with Crippen molar-refractivity contribution in [2.75, 3.05) is 6.26 Å². The van der Waals surface area contributed by atoms with Crippen LogP contribution in [0.25, 0.3) is 0 Å². The zero-order chi connectivity index (χ0) is 25.0. The fraction of sp³-hybridized carbons (Fsp3) is 0.400. The molecule has 0 amide bonds. The van der Waals surface area contributed by atoms with Crippen LogP contribution >= 0.6 is 22.4 Å². The first-order valence-electron chi connectivity index (χ1n) is 11.1. The lowest BCUT2D eigenvalue weighted by Gasteiger charge is -2.41. The molecule has 0 spiro atoms. The number of hydrogen-bond acceptors (Lipinski definition) is 5. The highest BCUT2D eigenvalue weighted by atomic mass is 32.3. The number of hydrogen-bond donors (Lipinski definition) is 3. The number of unbranched alkanes of at least 4 members (excludes halogenated alkanes) is 1. The molecule has 0 bridgehead atoms. The number of fused-ring (bicyclic) bond motifs is 1. The normalized spacial score (nSPS) is 23.0. The molecule has 3 N–H and O–H groups in total. The second-order valence-corrected chi connectivity index (χ2v) is 11.7. The molecule has 34 heavy (non-hydrogen) atoms. The van der Waals surface area contributed by atoms with Crippen molar-refractivity contribution in [3.05, 3.63) is 65.4 Å². The van der Waals surface area contributed by atoms with Crippen LogP contribution in [0.5, 0.6) is 5.75 Å². The van der Waals surface area contributed by atoms with Gasteiger partial charge in [0.25, 0.3) is 0 Å². The third-order valence-corrected chi connectivity index (χ3v) is 9.59. The number of carboxylic acids is 1. The van der Waals surface area contributed by atoms with Gasteiger partial charge in [-0.05, 0) is 61.3 Å². The topological polar surface area (TPSA) is 87.0 Å². The van der Waals surface area contributed by atoms with Gasteiger partial charge in [-0.2, -0.15) is 15.0 Å². The molecular formula is C25H30F2O5S2. The van der Waals surface area contributed by atoms with Gasteiger partial charge in [0.05, 0.1) is 15.0 Å². The summed E-state index contributed by atoms with van der Waals surface area (Å²) >= 11 is 1.31. The quantitative estimate of drug-likeness (QED) is 0.191. The lowest BCUT2D eigenvalue weighted by atomic mass is 9.81.